The number of nitrogens with one attached hydrogen (secondary N) is 2. The average Bonchev–Trinajstić information content (AvgIpc) is 2.55. The van der Waals surface area contributed by atoms with Gasteiger partial charge in [0, 0.05) is 26.7 Å². The van der Waals surface area contributed by atoms with E-state index in [4.69, 9.17) is 0 Å². The van der Waals surface area contributed by atoms with Gasteiger partial charge in [0.2, 0.25) is 5.91 Å². The molecule has 0 atom stereocenters. The van der Waals surface area contributed by atoms with E-state index in [-0.39, 0.29) is 36.4 Å². The molecule has 2 N–H and O–H groups in total. The van der Waals surface area contributed by atoms with Crippen molar-refractivity contribution < 1.29 is 4.79 Å². The summed E-state index contributed by atoms with van der Waals surface area (Å²) in [6.45, 7) is 6.60. The van der Waals surface area contributed by atoms with E-state index in [1.165, 1.54) is 0 Å². The van der Waals surface area contributed by atoms with E-state index in [0.717, 1.165) is 37.5 Å². The molecule has 0 aliphatic carbocycles. The Hall–Kier alpha value is -1.31. The molecular weight excluding hydrogens is 403 g/mol. The van der Waals surface area contributed by atoms with Gasteiger partial charge < -0.3 is 15.5 Å². The highest BCUT2D eigenvalue weighted by Crippen LogP contribution is 1.97. The second-order valence-corrected chi connectivity index (χ2v) is 5.21. The standard InChI is InChI=1S/C17H28N4O.HI/c1-4-6-12-21(3)17(18-5-2)20-14-16(22)19-13-15-10-8-7-9-11-15;/h7-11H,4-6,12-14H2,1-3H3,(H,18,20)(H,19,22);1H. The fourth-order valence-corrected chi connectivity index (χ4v) is 1.97. The first-order valence-electron chi connectivity index (χ1n) is 7.97. The molecule has 0 spiro atoms. The van der Waals surface area contributed by atoms with Crippen LogP contribution in [0.1, 0.15) is 32.3 Å². The quantitative estimate of drug-likeness (QED) is 0.377. The van der Waals surface area contributed by atoms with Gasteiger partial charge in [-0.05, 0) is 18.9 Å². The summed E-state index contributed by atoms with van der Waals surface area (Å²) in [6, 6.07) is 9.87. The molecule has 0 bridgehead atoms. The second kappa shape index (κ2) is 13.2. The minimum atomic E-state index is -0.0665. The van der Waals surface area contributed by atoms with E-state index in [1.54, 1.807) is 0 Å². The number of hydrogen-bond acceptors (Lipinski definition) is 2. The maximum Gasteiger partial charge on any atom is 0.242 e. The maximum absolute atomic E-state index is 11.9. The minimum absolute atomic E-state index is 0. The Bertz CT molecular complexity index is 465. The van der Waals surface area contributed by atoms with Gasteiger partial charge in [-0.3, -0.25) is 4.79 Å². The number of guanidine groups is 1. The Morgan fingerprint density at radius 2 is 1.87 bits per heavy atom. The van der Waals surface area contributed by atoms with Gasteiger partial charge in [0.15, 0.2) is 5.96 Å². The molecule has 0 saturated heterocycles. The molecule has 0 unspecified atom stereocenters. The molecule has 5 nitrogen and oxygen atoms in total. The van der Waals surface area contributed by atoms with Crippen LogP contribution in [-0.4, -0.2) is 43.4 Å². The number of benzene rings is 1. The van der Waals surface area contributed by atoms with Gasteiger partial charge in [0.25, 0.3) is 0 Å². The normalized spacial score (nSPS) is 10.7. The van der Waals surface area contributed by atoms with Crippen LogP contribution in [0.2, 0.25) is 0 Å². The SMILES string of the molecule is CCCCN(C)C(=NCC(=O)NCc1ccccc1)NCC.I. The van der Waals surface area contributed by atoms with Gasteiger partial charge in [-0.2, -0.15) is 0 Å². The van der Waals surface area contributed by atoms with Gasteiger partial charge in [0.1, 0.15) is 6.54 Å². The topological polar surface area (TPSA) is 56.7 Å². The van der Waals surface area contributed by atoms with Gasteiger partial charge in [-0.25, -0.2) is 4.99 Å². The number of rotatable bonds is 8. The number of aliphatic imine (C=N–C) groups is 1. The number of nitrogens with zero attached hydrogens (tertiary/aromatic N) is 2. The molecular formula is C17H29IN4O. The first-order valence-corrected chi connectivity index (χ1v) is 7.97. The Kier molecular flexibility index (Phi) is 12.4. The van der Waals surface area contributed by atoms with Crippen molar-refractivity contribution in [3.63, 3.8) is 0 Å². The first kappa shape index (κ1) is 21.7. The molecule has 0 fully saturated rings. The lowest BCUT2D eigenvalue weighted by atomic mass is 10.2. The molecule has 0 aromatic heterocycles. The third-order valence-corrected chi connectivity index (χ3v) is 3.25. The Morgan fingerprint density at radius 1 is 1.17 bits per heavy atom. The summed E-state index contributed by atoms with van der Waals surface area (Å²) in [5.41, 5.74) is 1.09. The van der Waals surface area contributed by atoms with Crippen molar-refractivity contribution >= 4 is 35.8 Å². The highest BCUT2D eigenvalue weighted by molar-refractivity contribution is 14.0. The summed E-state index contributed by atoms with van der Waals surface area (Å²) < 4.78 is 0. The van der Waals surface area contributed by atoms with Crippen LogP contribution in [0.15, 0.2) is 35.3 Å². The van der Waals surface area contributed by atoms with Crippen LogP contribution in [0.5, 0.6) is 0 Å². The molecule has 0 aliphatic heterocycles. The van der Waals surface area contributed by atoms with Gasteiger partial charge in [0.05, 0.1) is 0 Å². The molecule has 130 valence electrons. The lowest BCUT2D eigenvalue weighted by molar-refractivity contribution is -0.119. The summed E-state index contributed by atoms with van der Waals surface area (Å²) in [5, 5.41) is 6.10. The number of amides is 1. The zero-order chi connectivity index (χ0) is 16.2. The first-order chi connectivity index (χ1) is 10.7. The zero-order valence-corrected chi connectivity index (χ0v) is 16.7. The highest BCUT2D eigenvalue weighted by atomic mass is 127. The molecule has 0 saturated carbocycles. The van der Waals surface area contributed by atoms with Crippen molar-refractivity contribution in [1.29, 1.82) is 0 Å². The van der Waals surface area contributed by atoms with E-state index in [1.807, 2.05) is 44.3 Å². The fourth-order valence-electron chi connectivity index (χ4n) is 1.97. The zero-order valence-electron chi connectivity index (χ0n) is 14.3. The van der Waals surface area contributed by atoms with Crippen LogP contribution in [0.25, 0.3) is 0 Å². The van der Waals surface area contributed by atoms with Crippen LogP contribution >= 0.6 is 24.0 Å². The number of unbranched alkanes of at least 4 members (excludes halogenated alkanes) is 1. The molecule has 0 radical (unpaired) electrons. The third kappa shape index (κ3) is 9.43. The molecule has 1 aromatic rings. The third-order valence-electron chi connectivity index (χ3n) is 3.25. The van der Waals surface area contributed by atoms with Crippen LogP contribution in [0.4, 0.5) is 0 Å². The number of carbonyl (C=O) groups is 1. The maximum atomic E-state index is 11.9. The molecule has 6 heteroatoms. The van der Waals surface area contributed by atoms with Crippen LogP contribution in [0, 0.1) is 0 Å². The number of carbonyl (C=O) groups excluding carboxylic acids is 1. The van der Waals surface area contributed by atoms with E-state index < -0.39 is 0 Å². The molecule has 0 aliphatic rings. The second-order valence-electron chi connectivity index (χ2n) is 5.21. The Morgan fingerprint density at radius 3 is 2.48 bits per heavy atom. The van der Waals surface area contributed by atoms with Gasteiger partial charge in [-0.1, -0.05) is 43.7 Å². The minimum Gasteiger partial charge on any atom is -0.357 e. The Balaban J connectivity index is 0.00000484. The summed E-state index contributed by atoms with van der Waals surface area (Å²) in [5.74, 6) is 0.717. The van der Waals surface area contributed by atoms with Crippen LogP contribution in [-0.2, 0) is 11.3 Å². The molecule has 1 rings (SSSR count). The molecule has 1 amide bonds. The van der Waals surface area contributed by atoms with E-state index in [2.05, 4.69) is 27.4 Å². The van der Waals surface area contributed by atoms with E-state index in [9.17, 15) is 4.79 Å². The molecule has 1 aromatic carbocycles. The van der Waals surface area contributed by atoms with Crippen molar-refractivity contribution in [2.75, 3.05) is 26.7 Å². The lowest BCUT2D eigenvalue weighted by Crippen LogP contribution is -2.40. The average molecular weight is 432 g/mol. The largest absolute Gasteiger partial charge is 0.357 e. The Labute approximate surface area is 157 Å². The fraction of sp³-hybridized carbons (Fsp3) is 0.529. The van der Waals surface area contributed by atoms with Crippen molar-refractivity contribution in [3.8, 4) is 0 Å². The van der Waals surface area contributed by atoms with Crippen LogP contribution < -0.4 is 10.6 Å². The van der Waals surface area contributed by atoms with Crippen molar-refractivity contribution in [3.05, 3.63) is 35.9 Å². The summed E-state index contributed by atoms with van der Waals surface area (Å²) in [7, 11) is 2.00. The van der Waals surface area contributed by atoms with E-state index >= 15 is 0 Å². The smallest absolute Gasteiger partial charge is 0.242 e. The number of halogens is 1. The highest BCUT2D eigenvalue weighted by Gasteiger charge is 2.06. The summed E-state index contributed by atoms with van der Waals surface area (Å²) in [4.78, 5) is 18.4. The molecule has 23 heavy (non-hydrogen) atoms. The van der Waals surface area contributed by atoms with Crippen molar-refractivity contribution in [2.24, 2.45) is 4.99 Å². The predicted octanol–water partition coefficient (Wildman–Crippen LogP) is 2.62. The van der Waals surface area contributed by atoms with Crippen LogP contribution in [0.3, 0.4) is 0 Å². The van der Waals surface area contributed by atoms with Crippen molar-refractivity contribution in [1.82, 2.24) is 15.5 Å². The van der Waals surface area contributed by atoms with Gasteiger partial charge >= 0.3 is 0 Å². The van der Waals surface area contributed by atoms with Crippen molar-refractivity contribution in [2.45, 2.75) is 33.2 Å². The molecule has 0 heterocycles. The lowest BCUT2D eigenvalue weighted by Gasteiger charge is -2.21. The monoisotopic (exact) mass is 432 g/mol. The van der Waals surface area contributed by atoms with Gasteiger partial charge in [-0.15, -0.1) is 24.0 Å². The van der Waals surface area contributed by atoms with E-state index in [0.29, 0.717) is 6.54 Å². The summed E-state index contributed by atoms with van der Waals surface area (Å²) in [6.07, 6.45) is 2.25. The predicted molar refractivity (Wildman–Crippen MR) is 107 cm³/mol. The number of hydrogen-bond donors (Lipinski definition) is 2. The summed E-state index contributed by atoms with van der Waals surface area (Å²) >= 11 is 0.